The summed E-state index contributed by atoms with van der Waals surface area (Å²) >= 11 is 0. The summed E-state index contributed by atoms with van der Waals surface area (Å²) in [7, 11) is -3.70. The summed E-state index contributed by atoms with van der Waals surface area (Å²) in [4.78, 5) is 14.8. The predicted molar refractivity (Wildman–Crippen MR) is 129 cm³/mol. The molecule has 0 radical (unpaired) electrons. The minimum absolute atomic E-state index is 0.168. The molecule has 0 N–H and O–H groups in total. The Balaban J connectivity index is 1.63. The van der Waals surface area contributed by atoms with Crippen LogP contribution in [-0.2, 0) is 14.6 Å². The van der Waals surface area contributed by atoms with Gasteiger partial charge in [0.25, 0.3) is 5.91 Å². The number of allylic oxidation sites excluding steroid dienone is 4. The van der Waals surface area contributed by atoms with E-state index in [4.69, 9.17) is 9.47 Å². The minimum Gasteiger partial charge on any atom is -0.480 e. The molecule has 4 rings (SSSR count). The second kappa shape index (κ2) is 10.3. The molecule has 1 saturated heterocycles. The number of rotatable bonds is 5. The number of carbonyl (C=O) groups excluding carboxylic acids is 1. The van der Waals surface area contributed by atoms with Gasteiger partial charge in [-0.15, -0.1) is 0 Å². The van der Waals surface area contributed by atoms with E-state index >= 15 is 0 Å². The van der Waals surface area contributed by atoms with Crippen molar-refractivity contribution >= 4 is 15.7 Å². The van der Waals surface area contributed by atoms with Crippen LogP contribution in [0.25, 0.3) is 0 Å². The third kappa shape index (κ3) is 5.92. The highest BCUT2D eigenvalue weighted by molar-refractivity contribution is 7.90. The Kier molecular flexibility index (Phi) is 7.47. The van der Waals surface area contributed by atoms with Crippen molar-refractivity contribution in [3.63, 3.8) is 0 Å². The SMILES string of the molecule is C[C@H](Oc1ccc(S(C)(=O)=O)cc1C(=O)N1CC2=CC=C(C3=CCOCC3)CCC=C2C1)C(F)(F)F. The van der Waals surface area contributed by atoms with Crippen LogP contribution in [0.4, 0.5) is 13.2 Å². The van der Waals surface area contributed by atoms with E-state index in [1.807, 2.05) is 6.08 Å². The molecule has 1 atom stereocenters. The molecule has 2 aliphatic heterocycles. The van der Waals surface area contributed by atoms with Gasteiger partial charge in [-0.3, -0.25) is 4.79 Å². The maximum atomic E-state index is 13.5. The topological polar surface area (TPSA) is 72.9 Å². The zero-order chi connectivity index (χ0) is 26.1. The van der Waals surface area contributed by atoms with Crippen LogP contribution in [0.3, 0.4) is 0 Å². The predicted octanol–water partition coefficient (Wildman–Crippen LogP) is 4.80. The van der Waals surface area contributed by atoms with Crippen LogP contribution in [0.15, 0.2) is 69.7 Å². The standard InChI is InChI=1S/C26H28F3NO5S/c1-17(26(27,28)29)35-24-9-8-22(36(2,32)33)14-23(24)25(31)30-15-20-5-3-4-18(6-7-21(20)16-30)19-10-12-34-13-11-19/h5-10,14,17H,3-4,11-13,15-16H2,1-2H3/t17-/m0/s1. The number of likely N-dealkylation sites (tertiary alicyclic amines) is 1. The second-order valence-corrected chi connectivity index (χ2v) is 11.1. The molecule has 6 nitrogen and oxygen atoms in total. The summed E-state index contributed by atoms with van der Waals surface area (Å²) in [5.41, 5.74) is 4.19. The van der Waals surface area contributed by atoms with E-state index in [2.05, 4.69) is 18.2 Å². The monoisotopic (exact) mass is 523 g/mol. The third-order valence-electron chi connectivity index (χ3n) is 6.46. The van der Waals surface area contributed by atoms with Crippen molar-refractivity contribution in [1.29, 1.82) is 0 Å². The zero-order valence-electron chi connectivity index (χ0n) is 20.1. The summed E-state index contributed by atoms with van der Waals surface area (Å²) in [6.07, 6.45) is 4.88. The molecule has 1 aromatic carbocycles. The fraction of sp³-hybridized carbons (Fsp3) is 0.423. The van der Waals surface area contributed by atoms with Crippen molar-refractivity contribution in [3.05, 3.63) is 70.4 Å². The highest BCUT2D eigenvalue weighted by Gasteiger charge is 2.39. The van der Waals surface area contributed by atoms with Gasteiger partial charge in [0.2, 0.25) is 0 Å². The van der Waals surface area contributed by atoms with Gasteiger partial charge in [0.15, 0.2) is 15.9 Å². The Labute approximate surface area is 208 Å². The van der Waals surface area contributed by atoms with Gasteiger partial charge in [-0.05, 0) is 66.7 Å². The first-order valence-electron chi connectivity index (χ1n) is 11.7. The molecule has 36 heavy (non-hydrogen) atoms. The van der Waals surface area contributed by atoms with Crippen LogP contribution in [0.5, 0.6) is 5.75 Å². The first-order chi connectivity index (χ1) is 16.9. The molecule has 0 bridgehead atoms. The van der Waals surface area contributed by atoms with Gasteiger partial charge in [0, 0.05) is 19.3 Å². The molecule has 2 heterocycles. The van der Waals surface area contributed by atoms with E-state index in [1.54, 1.807) is 0 Å². The first kappa shape index (κ1) is 26.2. The minimum atomic E-state index is -4.64. The Bertz CT molecular complexity index is 1270. The van der Waals surface area contributed by atoms with Crippen LogP contribution in [0.1, 0.15) is 36.5 Å². The molecule has 0 saturated carbocycles. The van der Waals surface area contributed by atoms with Crippen LogP contribution < -0.4 is 4.74 Å². The number of sulfone groups is 1. The molecule has 10 heteroatoms. The van der Waals surface area contributed by atoms with E-state index in [9.17, 15) is 26.4 Å². The van der Waals surface area contributed by atoms with Gasteiger partial charge < -0.3 is 14.4 Å². The van der Waals surface area contributed by atoms with Crippen molar-refractivity contribution in [2.75, 3.05) is 32.6 Å². The molecule has 1 amide bonds. The van der Waals surface area contributed by atoms with Crippen molar-refractivity contribution in [1.82, 2.24) is 4.90 Å². The number of fused-ring (bicyclic) bond motifs is 1. The maximum absolute atomic E-state index is 13.5. The molecule has 1 aliphatic carbocycles. The number of alkyl halides is 3. The zero-order valence-corrected chi connectivity index (χ0v) is 20.9. The summed E-state index contributed by atoms with van der Waals surface area (Å²) in [6, 6.07) is 3.35. The Morgan fingerprint density at radius 2 is 1.78 bits per heavy atom. The molecule has 0 spiro atoms. The summed E-state index contributed by atoms with van der Waals surface area (Å²) < 4.78 is 74.0. The molecular weight excluding hydrogens is 495 g/mol. The van der Waals surface area contributed by atoms with Crippen LogP contribution in [0.2, 0.25) is 0 Å². The molecule has 0 unspecified atom stereocenters. The number of nitrogens with zero attached hydrogens (tertiary/aromatic N) is 1. The highest BCUT2D eigenvalue weighted by atomic mass is 32.2. The van der Waals surface area contributed by atoms with Gasteiger partial charge in [-0.25, -0.2) is 8.42 Å². The number of halogens is 3. The van der Waals surface area contributed by atoms with E-state index in [1.165, 1.54) is 16.0 Å². The van der Waals surface area contributed by atoms with E-state index in [-0.39, 0.29) is 29.3 Å². The highest BCUT2D eigenvalue weighted by Crippen LogP contribution is 2.33. The number of amides is 1. The Morgan fingerprint density at radius 3 is 2.44 bits per heavy atom. The first-order valence-corrected chi connectivity index (χ1v) is 13.6. The number of hydrogen-bond donors (Lipinski definition) is 0. The van der Waals surface area contributed by atoms with Crippen LogP contribution in [0, 0.1) is 0 Å². The fourth-order valence-electron chi connectivity index (χ4n) is 4.38. The number of ether oxygens (including phenoxy) is 2. The lowest BCUT2D eigenvalue weighted by atomic mass is 9.93. The number of hydrogen-bond acceptors (Lipinski definition) is 5. The number of carbonyl (C=O) groups is 1. The molecule has 194 valence electrons. The normalized spacial score (nSPS) is 19.8. The van der Waals surface area contributed by atoms with Crippen molar-refractivity contribution < 1.29 is 35.9 Å². The smallest absolute Gasteiger partial charge is 0.425 e. The average molecular weight is 524 g/mol. The molecule has 1 fully saturated rings. The van der Waals surface area contributed by atoms with Gasteiger partial charge in [0.1, 0.15) is 5.75 Å². The average Bonchev–Trinajstić information content (AvgIpc) is 3.20. The lowest BCUT2D eigenvalue weighted by Gasteiger charge is -2.22. The van der Waals surface area contributed by atoms with Crippen molar-refractivity contribution in [2.45, 2.75) is 43.4 Å². The lowest BCUT2D eigenvalue weighted by Crippen LogP contribution is -2.33. The lowest BCUT2D eigenvalue weighted by molar-refractivity contribution is -0.189. The van der Waals surface area contributed by atoms with E-state index in [0.717, 1.165) is 61.8 Å². The Morgan fingerprint density at radius 1 is 1.06 bits per heavy atom. The summed E-state index contributed by atoms with van der Waals surface area (Å²) in [6.45, 7) is 2.66. The summed E-state index contributed by atoms with van der Waals surface area (Å²) in [5.74, 6) is -0.895. The van der Waals surface area contributed by atoms with Crippen LogP contribution >= 0.6 is 0 Å². The van der Waals surface area contributed by atoms with Crippen molar-refractivity contribution in [2.24, 2.45) is 0 Å². The van der Waals surface area contributed by atoms with Crippen LogP contribution in [-0.4, -0.2) is 64.1 Å². The molecular formula is C26H28F3NO5S. The fourth-order valence-corrected chi connectivity index (χ4v) is 5.03. The largest absolute Gasteiger partial charge is 0.480 e. The van der Waals surface area contributed by atoms with E-state index < -0.39 is 28.0 Å². The van der Waals surface area contributed by atoms with Gasteiger partial charge in [0.05, 0.1) is 23.7 Å². The van der Waals surface area contributed by atoms with Gasteiger partial charge in [-0.1, -0.05) is 24.3 Å². The van der Waals surface area contributed by atoms with E-state index in [0.29, 0.717) is 13.2 Å². The summed E-state index contributed by atoms with van der Waals surface area (Å²) in [5, 5.41) is 0. The molecule has 0 aromatic heterocycles. The number of benzene rings is 1. The quantitative estimate of drug-likeness (QED) is 0.555. The second-order valence-electron chi connectivity index (χ2n) is 9.10. The maximum Gasteiger partial charge on any atom is 0.425 e. The van der Waals surface area contributed by atoms with Gasteiger partial charge >= 0.3 is 6.18 Å². The van der Waals surface area contributed by atoms with Gasteiger partial charge in [-0.2, -0.15) is 13.2 Å². The third-order valence-corrected chi connectivity index (χ3v) is 7.57. The molecule has 3 aliphatic rings. The van der Waals surface area contributed by atoms with Crippen molar-refractivity contribution in [3.8, 4) is 5.75 Å². The Hall–Kier alpha value is -2.85. The molecule has 1 aromatic rings.